The zero-order valence-corrected chi connectivity index (χ0v) is 18.3. The molecule has 174 valence electrons. The maximum atomic E-state index is 13.1. The van der Waals surface area contributed by atoms with Crippen molar-refractivity contribution in [2.75, 3.05) is 14.2 Å². The Morgan fingerprint density at radius 2 is 1.85 bits per heavy atom. The molecular formula is C24H20N2O8. The van der Waals surface area contributed by atoms with Gasteiger partial charge in [0.1, 0.15) is 11.5 Å². The average Bonchev–Trinajstić information content (AvgIpc) is 3.45. The molecule has 2 heterocycles. The predicted octanol–water partition coefficient (Wildman–Crippen LogP) is 3.83. The lowest BCUT2D eigenvalue weighted by Crippen LogP contribution is -2.29. The van der Waals surface area contributed by atoms with E-state index in [0.717, 1.165) is 6.07 Å². The molecule has 34 heavy (non-hydrogen) atoms. The Kier molecular flexibility index (Phi) is 6.05. The van der Waals surface area contributed by atoms with Crippen LogP contribution in [0, 0.1) is 10.1 Å². The number of aliphatic hydroxyl groups is 1. The zero-order chi connectivity index (χ0) is 24.4. The number of aliphatic hydroxyl groups excluding tert-OH is 1. The van der Waals surface area contributed by atoms with Crippen LogP contribution < -0.4 is 9.47 Å². The number of nitrogens with zero attached hydrogens (tertiary/aromatic N) is 2. The number of nitro benzene ring substituents is 1. The van der Waals surface area contributed by atoms with Crippen LogP contribution >= 0.6 is 0 Å². The van der Waals surface area contributed by atoms with Crippen molar-refractivity contribution in [3.63, 3.8) is 0 Å². The summed E-state index contributed by atoms with van der Waals surface area (Å²) in [6.07, 6.45) is 1.44. The molecule has 1 N–H and O–H groups in total. The third kappa shape index (κ3) is 3.96. The Hall–Kier alpha value is -4.60. The van der Waals surface area contributed by atoms with E-state index in [-0.39, 0.29) is 23.4 Å². The van der Waals surface area contributed by atoms with Crippen LogP contribution in [-0.4, -0.2) is 40.8 Å². The van der Waals surface area contributed by atoms with E-state index in [1.807, 2.05) is 0 Å². The number of amides is 1. The van der Waals surface area contributed by atoms with Crippen molar-refractivity contribution in [1.29, 1.82) is 0 Å². The lowest BCUT2D eigenvalue weighted by atomic mass is 9.94. The van der Waals surface area contributed by atoms with Gasteiger partial charge in [0, 0.05) is 17.7 Å². The standard InChI is InChI=1S/C24H20N2O8/c1-32-18-9-8-14(12-19(18)33-2)21-20(22(27)15-5-3-6-16(11-15)26(30)31)23(28)24(29)25(21)13-17-7-4-10-34-17/h3-12,21,27H,13H2,1-2H3/b22-20-. The Balaban J connectivity index is 1.91. The fraction of sp³-hybridized carbons (Fsp3) is 0.167. The van der Waals surface area contributed by atoms with Crippen LogP contribution in [0.25, 0.3) is 5.76 Å². The molecule has 0 saturated carbocycles. The number of hydrogen-bond donors (Lipinski definition) is 1. The van der Waals surface area contributed by atoms with Gasteiger partial charge in [0.2, 0.25) is 0 Å². The number of carbonyl (C=O) groups is 2. The molecule has 0 aliphatic carbocycles. The number of hydrogen-bond acceptors (Lipinski definition) is 8. The number of non-ortho nitro benzene ring substituents is 1. The Labute approximate surface area is 193 Å². The summed E-state index contributed by atoms with van der Waals surface area (Å²) in [6.45, 7) is -0.0394. The first-order valence-corrected chi connectivity index (χ1v) is 10.1. The van der Waals surface area contributed by atoms with Gasteiger partial charge in [-0.15, -0.1) is 0 Å². The van der Waals surface area contributed by atoms with Gasteiger partial charge in [-0.3, -0.25) is 19.7 Å². The number of nitro groups is 1. The van der Waals surface area contributed by atoms with E-state index in [9.17, 15) is 24.8 Å². The third-order valence-corrected chi connectivity index (χ3v) is 5.50. The summed E-state index contributed by atoms with van der Waals surface area (Å²) in [4.78, 5) is 38.0. The smallest absolute Gasteiger partial charge is 0.296 e. The maximum Gasteiger partial charge on any atom is 0.296 e. The molecule has 1 aliphatic rings. The molecule has 3 aromatic rings. The number of benzene rings is 2. The number of ketones is 1. The molecule has 4 rings (SSSR count). The van der Waals surface area contributed by atoms with Gasteiger partial charge < -0.3 is 23.9 Å². The van der Waals surface area contributed by atoms with Gasteiger partial charge in [0.15, 0.2) is 11.5 Å². The normalized spacial score (nSPS) is 17.1. The van der Waals surface area contributed by atoms with Crippen LogP contribution in [0.15, 0.2) is 70.9 Å². The number of methoxy groups -OCH3 is 2. The summed E-state index contributed by atoms with van der Waals surface area (Å²) in [6, 6.07) is 12.4. The summed E-state index contributed by atoms with van der Waals surface area (Å²) in [5.74, 6) is -1.06. The highest BCUT2D eigenvalue weighted by atomic mass is 16.6. The molecule has 10 nitrogen and oxygen atoms in total. The number of ether oxygens (including phenoxy) is 2. The molecule has 1 saturated heterocycles. The molecule has 1 aromatic heterocycles. The molecule has 10 heteroatoms. The summed E-state index contributed by atoms with van der Waals surface area (Å²) >= 11 is 0. The summed E-state index contributed by atoms with van der Waals surface area (Å²) < 4.78 is 16.0. The Bertz CT molecular complexity index is 1300. The van der Waals surface area contributed by atoms with Gasteiger partial charge in [0.25, 0.3) is 17.4 Å². The topological polar surface area (TPSA) is 132 Å². The maximum absolute atomic E-state index is 13.1. The summed E-state index contributed by atoms with van der Waals surface area (Å²) in [5.41, 5.74) is 0.0341. The number of carbonyl (C=O) groups excluding carboxylic acids is 2. The molecule has 0 radical (unpaired) electrons. The summed E-state index contributed by atoms with van der Waals surface area (Å²) in [7, 11) is 2.92. The molecule has 1 amide bonds. The van der Waals surface area contributed by atoms with Crippen molar-refractivity contribution in [2.24, 2.45) is 0 Å². The van der Waals surface area contributed by atoms with Crippen molar-refractivity contribution in [3.05, 3.63) is 93.4 Å². The second-order valence-corrected chi connectivity index (χ2v) is 7.43. The number of likely N-dealkylation sites (tertiary alicyclic amines) is 1. The van der Waals surface area contributed by atoms with E-state index in [0.29, 0.717) is 22.8 Å². The Morgan fingerprint density at radius 3 is 2.50 bits per heavy atom. The van der Waals surface area contributed by atoms with Gasteiger partial charge in [0.05, 0.1) is 43.6 Å². The van der Waals surface area contributed by atoms with Crippen molar-refractivity contribution < 1.29 is 33.5 Å². The van der Waals surface area contributed by atoms with Crippen molar-refractivity contribution in [2.45, 2.75) is 12.6 Å². The zero-order valence-electron chi connectivity index (χ0n) is 18.3. The molecule has 1 fully saturated rings. The van der Waals surface area contributed by atoms with E-state index >= 15 is 0 Å². The quantitative estimate of drug-likeness (QED) is 0.183. The molecule has 2 aromatic carbocycles. The minimum Gasteiger partial charge on any atom is -0.507 e. The lowest BCUT2D eigenvalue weighted by Gasteiger charge is -2.25. The van der Waals surface area contributed by atoms with Crippen molar-refractivity contribution >= 4 is 23.1 Å². The van der Waals surface area contributed by atoms with Crippen LogP contribution in [0.2, 0.25) is 0 Å². The van der Waals surface area contributed by atoms with Gasteiger partial charge in [-0.1, -0.05) is 18.2 Å². The van der Waals surface area contributed by atoms with Crippen LogP contribution in [-0.2, 0) is 16.1 Å². The van der Waals surface area contributed by atoms with Crippen LogP contribution in [0.3, 0.4) is 0 Å². The van der Waals surface area contributed by atoms with Gasteiger partial charge in [-0.2, -0.15) is 0 Å². The fourth-order valence-corrected chi connectivity index (χ4v) is 3.91. The minimum absolute atomic E-state index is 0.0377. The molecule has 1 atom stereocenters. The lowest BCUT2D eigenvalue weighted by molar-refractivity contribution is -0.384. The van der Waals surface area contributed by atoms with Crippen LogP contribution in [0.4, 0.5) is 5.69 Å². The highest BCUT2D eigenvalue weighted by molar-refractivity contribution is 6.46. The highest BCUT2D eigenvalue weighted by Gasteiger charge is 2.46. The second kappa shape index (κ2) is 9.10. The fourth-order valence-electron chi connectivity index (χ4n) is 3.91. The Morgan fingerprint density at radius 1 is 1.09 bits per heavy atom. The monoisotopic (exact) mass is 464 g/mol. The van der Waals surface area contributed by atoms with Gasteiger partial charge in [-0.05, 0) is 29.8 Å². The molecule has 1 unspecified atom stereocenters. The first kappa shape index (κ1) is 22.6. The highest BCUT2D eigenvalue weighted by Crippen LogP contribution is 2.42. The van der Waals surface area contributed by atoms with Gasteiger partial charge in [-0.25, -0.2) is 0 Å². The predicted molar refractivity (Wildman–Crippen MR) is 119 cm³/mol. The number of rotatable bonds is 7. The SMILES string of the molecule is COc1ccc(C2/C(=C(/O)c3cccc([N+](=O)[O-])c3)C(=O)C(=O)N2Cc2ccco2)cc1OC. The van der Waals surface area contributed by atoms with E-state index in [1.165, 1.54) is 43.6 Å². The first-order valence-electron chi connectivity index (χ1n) is 10.1. The van der Waals surface area contributed by atoms with Gasteiger partial charge >= 0.3 is 0 Å². The minimum atomic E-state index is -1.01. The largest absolute Gasteiger partial charge is 0.507 e. The molecule has 1 aliphatic heterocycles. The molecule has 0 spiro atoms. The van der Waals surface area contributed by atoms with Crippen LogP contribution in [0.1, 0.15) is 22.9 Å². The van der Waals surface area contributed by atoms with Crippen molar-refractivity contribution in [3.8, 4) is 11.5 Å². The second-order valence-electron chi connectivity index (χ2n) is 7.43. The first-order chi connectivity index (χ1) is 16.3. The van der Waals surface area contributed by atoms with E-state index in [4.69, 9.17) is 13.9 Å². The molecular weight excluding hydrogens is 444 g/mol. The average molecular weight is 464 g/mol. The van der Waals surface area contributed by atoms with Crippen LogP contribution in [0.5, 0.6) is 11.5 Å². The number of furan rings is 1. The van der Waals surface area contributed by atoms with E-state index in [1.54, 1.807) is 30.3 Å². The third-order valence-electron chi connectivity index (χ3n) is 5.50. The van der Waals surface area contributed by atoms with E-state index < -0.39 is 28.4 Å². The number of Topliss-reactive ketones (excluding diaryl/α,β-unsaturated/α-hetero) is 1. The summed E-state index contributed by atoms with van der Waals surface area (Å²) in [5, 5.41) is 22.3. The molecule has 0 bridgehead atoms. The van der Waals surface area contributed by atoms with Crippen molar-refractivity contribution in [1.82, 2.24) is 4.90 Å². The van der Waals surface area contributed by atoms with E-state index in [2.05, 4.69) is 0 Å².